The lowest BCUT2D eigenvalue weighted by atomic mass is 10.3. The largest absolute Gasteiger partial charge is 0.338 e. The minimum absolute atomic E-state index is 0.106. The van der Waals surface area contributed by atoms with Crippen LogP contribution in [0.1, 0.15) is 6.42 Å². The number of nitrogens with one attached hydrogen (secondary N) is 1. The number of benzene rings is 1. The number of para-hydroxylation sites is 1. The molecule has 1 aromatic rings. The van der Waals surface area contributed by atoms with Crippen molar-refractivity contribution in [3.8, 4) is 0 Å². The van der Waals surface area contributed by atoms with E-state index in [4.69, 9.17) is 11.6 Å². The molecule has 0 saturated carbocycles. The molecule has 1 N–H and O–H groups in total. The van der Waals surface area contributed by atoms with Gasteiger partial charge in [0.25, 0.3) is 0 Å². The fourth-order valence-electron chi connectivity index (χ4n) is 1.50. The van der Waals surface area contributed by atoms with E-state index in [0.29, 0.717) is 22.5 Å². The number of rotatable bonds is 2. The Morgan fingerprint density at radius 3 is 2.89 bits per heavy atom. The van der Waals surface area contributed by atoms with Crippen LogP contribution in [-0.4, -0.2) is 26.8 Å². The number of urea groups is 1. The fourth-order valence-corrected chi connectivity index (χ4v) is 3.17. The van der Waals surface area contributed by atoms with Crippen LogP contribution >= 0.6 is 39.5 Å². The molecule has 1 aliphatic heterocycles. The van der Waals surface area contributed by atoms with Crippen molar-refractivity contribution in [3.63, 3.8) is 0 Å². The Kier molecular flexibility index (Phi) is 4.53. The summed E-state index contributed by atoms with van der Waals surface area (Å²) in [6.45, 7) is 0. The zero-order valence-corrected chi connectivity index (χ0v) is 12.4. The zero-order chi connectivity index (χ0) is 13.1. The number of carbonyl (C=O) groups excluding carboxylic acids is 2. The highest BCUT2D eigenvalue weighted by Crippen LogP contribution is 2.32. The predicted molar refractivity (Wildman–Crippen MR) is 77.1 cm³/mol. The van der Waals surface area contributed by atoms with E-state index in [2.05, 4.69) is 21.2 Å². The molecule has 0 bridgehead atoms. The average molecular weight is 350 g/mol. The SMILES string of the molecule is O=C1CC(CBr)SN1C(=O)Nc1ccccc1Cl. The Morgan fingerprint density at radius 2 is 2.28 bits per heavy atom. The van der Waals surface area contributed by atoms with Crippen LogP contribution in [0.2, 0.25) is 5.02 Å². The van der Waals surface area contributed by atoms with E-state index in [1.807, 2.05) is 0 Å². The molecule has 96 valence electrons. The van der Waals surface area contributed by atoms with Gasteiger partial charge >= 0.3 is 6.03 Å². The first-order valence-corrected chi connectivity index (χ1v) is 7.56. The summed E-state index contributed by atoms with van der Waals surface area (Å²) in [5.74, 6) is -0.186. The molecule has 3 amide bonds. The maximum absolute atomic E-state index is 11.9. The van der Waals surface area contributed by atoms with Gasteiger partial charge in [0.1, 0.15) is 0 Å². The summed E-state index contributed by atoms with van der Waals surface area (Å²) in [5, 5.41) is 3.86. The molecule has 18 heavy (non-hydrogen) atoms. The molecule has 1 heterocycles. The topological polar surface area (TPSA) is 49.4 Å². The smallest absolute Gasteiger partial charge is 0.305 e. The maximum atomic E-state index is 11.9. The van der Waals surface area contributed by atoms with Crippen LogP contribution in [0.25, 0.3) is 0 Å². The predicted octanol–water partition coefficient (Wildman–Crippen LogP) is 3.52. The second-order valence-electron chi connectivity index (χ2n) is 3.68. The Balaban J connectivity index is 2.05. The molecular weight excluding hydrogens is 340 g/mol. The molecule has 0 aromatic heterocycles. The first-order valence-electron chi connectivity index (χ1n) is 5.23. The molecule has 0 radical (unpaired) electrons. The molecular formula is C11H10BrClN2O2S. The van der Waals surface area contributed by atoms with Gasteiger partial charge in [0.15, 0.2) is 0 Å². The molecule has 1 saturated heterocycles. The minimum Gasteiger partial charge on any atom is -0.305 e. The van der Waals surface area contributed by atoms with Gasteiger partial charge in [-0.15, -0.1) is 0 Å². The van der Waals surface area contributed by atoms with Crippen LogP contribution in [0.15, 0.2) is 24.3 Å². The fraction of sp³-hybridized carbons (Fsp3) is 0.273. The summed E-state index contributed by atoms with van der Waals surface area (Å²) in [6.07, 6.45) is 0.367. The lowest BCUT2D eigenvalue weighted by molar-refractivity contribution is -0.123. The van der Waals surface area contributed by atoms with Gasteiger partial charge in [0.2, 0.25) is 5.91 Å². The molecule has 1 aliphatic rings. The minimum atomic E-state index is -0.457. The summed E-state index contributed by atoms with van der Waals surface area (Å²) in [7, 11) is 0. The van der Waals surface area contributed by atoms with Crippen molar-refractivity contribution in [1.29, 1.82) is 0 Å². The summed E-state index contributed by atoms with van der Waals surface area (Å²) >= 11 is 10.5. The highest BCUT2D eigenvalue weighted by molar-refractivity contribution is 9.09. The van der Waals surface area contributed by atoms with E-state index < -0.39 is 6.03 Å². The van der Waals surface area contributed by atoms with Crippen LogP contribution in [0.4, 0.5) is 10.5 Å². The first kappa shape index (κ1) is 13.7. The molecule has 1 fully saturated rings. The molecule has 0 spiro atoms. The van der Waals surface area contributed by atoms with Gasteiger partial charge in [-0.3, -0.25) is 4.79 Å². The van der Waals surface area contributed by atoms with E-state index in [9.17, 15) is 9.59 Å². The monoisotopic (exact) mass is 348 g/mol. The number of hydrogen-bond donors (Lipinski definition) is 1. The highest BCUT2D eigenvalue weighted by atomic mass is 79.9. The molecule has 1 aromatic carbocycles. The quantitative estimate of drug-likeness (QED) is 0.656. The number of nitrogens with zero attached hydrogens (tertiary/aromatic N) is 1. The van der Waals surface area contributed by atoms with Gasteiger partial charge in [0.05, 0.1) is 10.7 Å². The van der Waals surface area contributed by atoms with Crippen molar-refractivity contribution in [1.82, 2.24) is 4.31 Å². The van der Waals surface area contributed by atoms with Gasteiger partial charge in [-0.1, -0.05) is 39.7 Å². The molecule has 1 atom stereocenters. The summed E-state index contributed by atoms with van der Waals surface area (Å²) in [4.78, 5) is 23.6. The number of imide groups is 1. The Morgan fingerprint density at radius 1 is 1.56 bits per heavy atom. The van der Waals surface area contributed by atoms with E-state index in [1.54, 1.807) is 24.3 Å². The third-order valence-electron chi connectivity index (χ3n) is 2.36. The van der Waals surface area contributed by atoms with E-state index in [1.165, 1.54) is 11.9 Å². The van der Waals surface area contributed by atoms with Crippen LogP contribution in [0.5, 0.6) is 0 Å². The average Bonchev–Trinajstić information content (AvgIpc) is 2.73. The van der Waals surface area contributed by atoms with Crippen molar-refractivity contribution in [2.24, 2.45) is 0 Å². The van der Waals surface area contributed by atoms with Gasteiger partial charge in [-0.05, 0) is 24.1 Å². The van der Waals surface area contributed by atoms with Crippen molar-refractivity contribution < 1.29 is 9.59 Å². The lowest BCUT2D eigenvalue weighted by Gasteiger charge is -2.14. The van der Waals surface area contributed by atoms with Gasteiger partial charge < -0.3 is 5.32 Å². The second kappa shape index (κ2) is 5.95. The van der Waals surface area contributed by atoms with Crippen LogP contribution in [0, 0.1) is 0 Å². The zero-order valence-electron chi connectivity index (χ0n) is 9.23. The lowest BCUT2D eigenvalue weighted by Crippen LogP contribution is -2.30. The Labute approximate surface area is 122 Å². The summed E-state index contributed by atoms with van der Waals surface area (Å²) in [6, 6.07) is 6.45. The second-order valence-corrected chi connectivity index (χ2v) is 5.98. The number of anilines is 1. The number of hydrogen-bond acceptors (Lipinski definition) is 3. The number of carbonyl (C=O) groups is 2. The summed E-state index contributed by atoms with van der Waals surface area (Å²) in [5.41, 5.74) is 0.500. The molecule has 0 aliphatic carbocycles. The van der Waals surface area contributed by atoms with Crippen LogP contribution in [-0.2, 0) is 4.79 Å². The molecule has 2 rings (SSSR count). The molecule has 4 nitrogen and oxygen atoms in total. The van der Waals surface area contributed by atoms with Gasteiger partial charge in [-0.2, -0.15) is 0 Å². The van der Waals surface area contributed by atoms with Crippen LogP contribution in [0.3, 0.4) is 0 Å². The van der Waals surface area contributed by atoms with Crippen LogP contribution < -0.4 is 5.32 Å². The molecule has 7 heteroatoms. The Bertz CT molecular complexity index is 486. The first-order chi connectivity index (χ1) is 8.61. The third-order valence-corrected chi connectivity index (χ3v) is 5.11. The number of amides is 3. The third kappa shape index (κ3) is 2.99. The standard InChI is InChI=1S/C11H10BrClN2O2S/c12-6-7-5-10(16)15(18-7)11(17)14-9-4-2-1-3-8(9)13/h1-4,7H,5-6H2,(H,14,17). The van der Waals surface area contributed by atoms with E-state index in [-0.39, 0.29) is 11.2 Å². The van der Waals surface area contributed by atoms with E-state index >= 15 is 0 Å². The van der Waals surface area contributed by atoms with Gasteiger partial charge in [-0.25, -0.2) is 9.10 Å². The van der Waals surface area contributed by atoms with Crippen molar-refractivity contribution in [2.75, 3.05) is 10.6 Å². The highest BCUT2D eigenvalue weighted by Gasteiger charge is 2.34. The maximum Gasteiger partial charge on any atom is 0.338 e. The molecule has 1 unspecified atom stereocenters. The van der Waals surface area contributed by atoms with E-state index in [0.717, 1.165) is 4.31 Å². The van der Waals surface area contributed by atoms with Gasteiger partial charge in [0, 0.05) is 17.0 Å². The van der Waals surface area contributed by atoms with Crippen molar-refractivity contribution in [2.45, 2.75) is 11.7 Å². The number of halogens is 2. The normalized spacial score (nSPS) is 19.1. The van der Waals surface area contributed by atoms with Crippen molar-refractivity contribution in [3.05, 3.63) is 29.3 Å². The summed E-state index contributed by atoms with van der Waals surface area (Å²) < 4.78 is 1.15. The number of alkyl halides is 1. The van der Waals surface area contributed by atoms with Crippen molar-refractivity contribution >= 4 is 57.1 Å². The Hall–Kier alpha value is -0.720.